The van der Waals surface area contributed by atoms with Gasteiger partial charge in [-0.05, 0) is 71.3 Å². The monoisotopic (exact) mass is 388 g/mol. The van der Waals surface area contributed by atoms with Gasteiger partial charge in [-0.1, -0.05) is 42.5 Å². The summed E-state index contributed by atoms with van der Waals surface area (Å²) in [6.45, 7) is 0.472. The van der Waals surface area contributed by atoms with E-state index < -0.39 is 11.9 Å². The van der Waals surface area contributed by atoms with Crippen molar-refractivity contribution in [1.29, 1.82) is 0 Å². The summed E-state index contributed by atoms with van der Waals surface area (Å²) in [5.41, 5.74) is 5.34. The third kappa shape index (κ3) is 4.27. The van der Waals surface area contributed by atoms with Gasteiger partial charge in [0.25, 0.3) is 0 Å². The fourth-order valence-corrected chi connectivity index (χ4v) is 3.90. The Hall–Kier alpha value is -3.27. The van der Waals surface area contributed by atoms with Gasteiger partial charge in [-0.3, -0.25) is 4.79 Å². The second-order valence-corrected chi connectivity index (χ2v) is 7.36. The van der Waals surface area contributed by atoms with Gasteiger partial charge in [0, 0.05) is 0 Å². The highest BCUT2D eigenvalue weighted by Crippen LogP contribution is 2.34. The van der Waals surface area contributed by atoms with E-state index in [1.807, 2.05) is 36.4 Å². The first kappa shape index (κ1) is 19.1. The summed E-state index contributed by atoms with van der Waals surface area (Å²) in [5.74, 6) is 0.492. The quantitative estimate of drug-likeness (QED) is 0.610. The zero-order valence-corrected chi connectivity index (χ0v) is 16.4. The van der Waals surface area contributed by atoms with E-state index in [0.29, 0.717) is 13.0 Å². The van der Waals surface area contributed by atoms with Crippen molar-refractivity contribution in [3.05, 3.63) is 83.4 Å². The van der Waals surface area contributed by atoms with Crippen molar-refractivity contribution in [2.45, 2.75) is 31.8 Å². The van der Waals surface area contributed by atoms with Gasteiger partial charge in [0.1, 0.15) is 18.1 Å². The normalized spacial score (nSPS) is 15.4. The number of aliphatic carboxylic acids is 1. The Morgan fingerprint density at radius 2 is 1.83 bits per heavy atom. The first-order valence-corrected chi connectivity index (χ1v) is 9.86. The molecule has 4 nitrogen and oxygen atoms in total. The average Bonchev–Trinajstić information content (AvgIpc) is 2.77. The molecule has 0 aromatic heterocycles. The van der Waals surface area contributed by atoms with Crippen LogP contribution in [-0.2, 0) is 17.8 Å². The molecule has 4 heteroatoms. The summed E-state index contributed by atoms with van der Waals surface area (Å²) in [7, 11) is 1.67. The van der Waals surface area contributed by atoms with Crippen LogP contribution >= 0.6 is 0 Å². The molecule has 0 saturated carbocycles. The molecule has 29 heavy (non-hydrogen) atoms. The average molecular weight is 388 g/mol. The summed E-state index contributed by atoms with van der Waals surface area (Å²) >= 11 is 0. The van der Waals surface area contributed by atoms with Crippen molar-refractivity contribution >= 4 is 5.97 Å². The number of aryl methyl sites for hydroxylation is 1. The smallest absolute Gasteiger partial charge is 0.310 e. The molecule has 0 fully saturated rings. The van der Waals surface area contributed by atoms with E-state index in [-0.39, 0.29) is 0 Å². The Balaban J connectivity index is 1.43. The third-order valence-corrected chi connectivity index (χ3v) is 5.49. The van der Waals surface area contributed by atoms with Gasteiger partial charge >= 0.3 is 5.97 Å². The standard InChI is InChI=1S/C25H24O4/c1-28-21-6-2-4-19(14-21)18-10-8-17(9-11-18)16-29-22-12-13-23-20(15-22)5-3-7-24(23)25(26)27/h2,4,6,8-15,24H,3,5,7,16H2,1H3,(H,26,27). The number of carbonyl (C=O) groups is 1. The lowest BCUT2D eigenvalue weighted by molar-refractivity contribution is -0.139. The van der Waals surface area contributed by atoms with Crippen LogP contribution in [-0.4, -0.2) is 18.2 Å². The molecule has 1 unspecified atom stereocenters. The summed E-state index contributed by atoms with van der Waals surface area (Å²) < 4.78 is 11.3. The highest BCUT2D eigenvalue weighted by atomic mass is 16.5. The maximum atomic E-state index is 11.4. The number of hydrogen-bond acceptors (Lipinski definition) is 3. The fourth-order valence-electron chi connectivity index (χ4n) is 3.90. The van der Waals surface area contributed by atoms with Crippen molar-refractivity contribution in [1.82, 2.24) is 0 Å². The summed E-state index contributed by atoms with van der Waals surface area (Å²) in [6.07, 6.45) is 2.52. The van der Waals surface area contributed by atoms with E-state index in [4.69, 9.17) is 9.47 Å². The van der Waals surface area contributed by atoms with Crippen LogP contribution in [0.4, 0.5) is 0 Å². The maximum absolute atomic E-state index is 11.4. The zero-order chi connectivity index (χ0) is 20.2. The van der Waals surface area contributed by atoms with Gasteiger partial charge in [0.15, 0.2) is 0 Å². The van der Waals surface area contributed by atoms with Crippen LogP contribution in [0.2, 0.25) is 0 Å². The number of methoxy groups -OCH3 is 1. The highest BCUT2D eigenvalue weighted by Gasteiger charge is 2.26. The van der Waals surface area contributed by atoms with Crippen LogP contribution in [0.3, 0.4) is 0 Å². The Kier molecular flexibility index (Phi) is 5.52. The molecule has 3 aromatic rings. The van der Waals surface area contributed by atoms with Crippen LogP contribution < -0.4 is 9.47 Å². The second kappa shape index (κ2) is 8.39. The van der Waals surface area contributed by atoms with E-state index in [2.05, 4.69) is 30.3 Å². The molecule has 148 valence electrons. The Labute approximate surface area is 170 Å². The third-order valence-electron chi connectivity index (χ3n) is 5.49. The van der Waals surface area contributed by atoms with Crippen LogP contribution in [0.5, 0.6) is 11.5 Å². The number of ether oxygens (including phenoxy) is 2. The molecule has 4 rings (SSSR count). The number of hydrogen-bond donors (Lipinski definition) is 1. The molecule has 0 amide bonds. The minimum atomic E-state index is -0.740. The van der Waals surface area contributed by atoms with Crippen LogP contribution in [0.15, 0.2) is 66.7 Å². The van der Waals surface area contributed by atoms with Gasteiger partial charge in [0.2, 0.25) is 0 Å². The number of rotatable bonds is 6. The molecular weight excluding hydrogens is 364 g/mol. The largest absolute Gasteiger partial charge is 0.497 e. The van der Waals surface area contributed by atoms with E-state index in [1.54, 1.807) is 7.11 Å². The van der Waals surface area contributed by atoms with E-state index >= 15 is 0 Å². The van der Waals surface area contributed by atoms with Crippen LogP contribution in [0.1, 0.15) is 35.4 Å². The summed E-state index contributed by atoms with van der Waals surface area (Å²) in [4.78, 5) is 11.4. The lowest BCUT2D eigenvalue weighted by atomic mass is 9.83. The second-order valence-electron chi connectivity index (χ2n) is 7.36. The molecule has 1 atom stereocenters. The zero-order valence-electron chi connectivity index (χ0n) is 16.4. The van der Waals surface area contributed by atoms with E-state index in [9.17, 15) is 9.90 Å². The predicted octanol–water partition coefficient (Wildman–Crippen LogP) is 5.45. The molecule has 3 aromatic carbocycles. The molecule has 0 bridgehead atoms. The number of fused-ring (bicyclic) bond motifs is 1. The number of benzene rings is 3. The van der Waals surface area contributed by atoms with Crippen LogP contribution in [0.25, 0.3) is 11.1 Å². The van der Waals surface area contributed by atoms with Crippen molar-refractivity contribution in [2.75, 3.05) is 7.11 Å². The SMILES string of the molecule is COc1cccc(-c2ccc(COc3ccc4c(c3)CCCC4C(=O)O)cc2)c1. The summed E-state index contributed by atoms with van der Waals surface area (Å²) in [5, 5.41) is 9.40. The Morgan fingerprint density at radius 1 is 1.00 bits per heavy atom. The van der Waals surface area contributed by atoms with Crippen molar-refractivity contribution in [2.24, 2.45) is 0 Å². The van der Waals surface area contributed by atoms with E-state index in [1.165, 1.54) is 0 Å². The first-order chi connectivity index (χ1) is 14.1. The molecule has 0 aliphatic heterocycles. The molecular formula is C25H24O4. The lowest BCUT2D eigenvalue weighted by Gasteiger charge is -2.23. The van der Waals surface area contributed by atoms with Crippen molar-refractivity contribution in [3.8, 4) is 22.6 Å². The minimum Gasteiger partial charge on any atom is -0.497 e. The van der Waals surface area contributed by atoms with Gasteiger partial charge in [-0.2, -0.15) is 0 Å². The molecule has 0 saturated heterocycles. The van der Waals surface area contributed by atoms with Crippen molar-refractivity contribution < 1.29 is 19.4 Å². The highest BCUT2D eigenvalue weighted by molar-refractivity contribution is 5.77. The summed E-state index contributed by atoms with van der Waals surface area (Å²) in [6, 6.07) is 22.1. The maximum Gasteiger partial charge on any atom is 0.310 e. The molecule has 0 heterocycles. The topological polar surface area (TPSA) is 55.8 Å². The van der Waals surface area contributed by atoms with Crippen LogP contribution in [0, 0.1) is 0 Å². The number of carboxylic acid groups (broad SMARTS) is 1. The number of carboxylic acids is 1. The first-order valence-electron chi connectivity index (χ1n) is 9.86. The van der Waals surface area contributed by atoms with E-state index in [0.717, 1.165) is 52.2 Å². The molecule has 1 N–H and O–H groups in total. The molecule has 1 aliphatic rings. The molecule has 0 radical (unpaired) electrons. The van der Waals surface area contributed by atoms with Gasteiger partial charge in [0.05, 0.1) is 13.0 Å². The predicted molar refractivity (Wildman–Crippen MR) is 113 cm³/mol. The lowest BCUT2D eigenvalue weighted by Crippen LogP contribution is -2.17. The van der Waals surface area contributed by atoms with Crippen molar-refractivity contribution in [3.63, 3.8) is 0 Å². The van der Waals surface area contributed by atoms with Gasteiger partial charge < -0.3 is 14.6 Å². The Morgan fingerprint density at radius 3 is 2.59 bits per heavy atom. The minimum absolute atomic E-state index is 0.392. The molecule has 1 aliphatic carbocycles. The fraction of sp³-hybridized carbons (Fsp3) is 0.240. The molecule has 0 spiro atoms. The Bertz CT molecular complexity index is 1010. The van der Waals surface area contributed by atoms with Gasteiger partial charge in [-0.15, -0.1) is 0 Å². The van der Waals surface area contributed by atoms with Gasteiger partial charge in [-0.25, -0.2) is 0 Å².